The molecule has 1 aliphatic heterocycles. The summed E-state index contributed by atoms with van der Waals surface area (Å²) in [5.41, 5.74) is 0.251. The lowest BCUT2D eigenvalue weighted by Gasteiger charge is -2.28. The van der Waals surface area contributed by atoms with Crippen LogP contribution in [-0.2, 0) is 0 Å². The molecule has 1 aliphatic rings. The fourth-order valence-electron chi connectivity index (χ4n) is 2.26. The maximum atomic E-state index is 10.7. The van der Waals surface area contributed by atoms with E-state index < -0.39 is 5.97 Å². The summed E-state index contributed by atoms with van der Waals surface area (Å²) in [4.78, 5) is 10.7. The molecule has 1 saturated heterocycles. The number of rotatable bonds is 5. The quantitative estimate of drug-likeness (QED) is 0.743. The van der Waals surface area contributed by atoms with Crippen LogP contribution >= 0.6 is 0 Å². The van der Waals surface area contributed by atoms with Gasteiger partial charge in [0.1, 0.15) is 5.75 Å². The molecule has 2 atom stereocenters. The van der Waals surface area contributed by atoms with Crippen molar-refractivity contribution in [2.45, 2.75) is 18.9 Å². The Morgan fingerprint density at radius 2 is 2.11 bits per heavy atom. The van der Waals surface area contributed by atoms with Gasteiger partial charge in [-0.25, -0.2) is 4.79 Å². The summed E-state index contributed by atoms with van der Waals surface area (Å²) in [5, 5.41) is 21.7. The minimum absolute atomic E-state index is 0.251. The van der Waals surface area contributed by atoms with Crippen LogP contribution in [0.4, 0.5) is 0 Å². The van der Waals surface area contributed by atoms with E-state index in [1.165, 1.54) is 12.1 Å². The average molecular weight is 265 g/mol. The normalized spacial score (nSPS) is 23.0. The number of hydrogen-bond donors (Lipinski definition) is 3. The summed E-state index contributed by atoms with van der Waals surface area (Å²) >= 11 is 0. The Balaban J connectivity index is 1.77. The minimum Gasteiger partial charge on any atom is -0.494 e. The molecule has 0 bridgehead atoms. The van der Waals surface area contributed by atoms with Gasteiger partial charge in [-0.3, -0.25) is 0 Å². The number of β-amino-alcohol motifs (C(OH)–C–C–N with tert-alkyl or cyclic N) is 1. The third kappa shape index (κ3) is 3.94. The van der Waals surface area contributed by atoms with Crippen molar-refractivity contribution in [1.82, 2.24) is 5.32 Å². The summed E-state index contributed by atoms with van der Waals surface area (Å²) in [6, 6.07) is 6.36. The summed E-state index contributed by atoms with van der Waals surface area (Å²) in [7, 11) is 0. The lowest BCUT2D eigenvalue weighted by molar-refractivity contribution is 0.0681. The van der Waals surface area contributed by atoms with E-state index in [1.54, 1.807) is 12.1 Å². The number of hydrogen-bond acceptors (Lipinski definition) is 4. The Hall–Kier alpha value is -1.59. The number of aliphatic hydroxyl groups is 1. The first kappa shape index (κ1) is 13.8. The molecule has 0 unspecified atom stereocenters. The zero-order valence-corrected chi connectivity index (χ0v) is 10.7. The van der Waals surface area contributed by atoms with E-state index in [0.717, 1.165) is 19.4 Å². The molecule has 1 aromatic carbocycles. The van der Waals surface area contributed by atoms with Crippen LogP contribution in [0.1, 0.15) is 23.2 Å². The van der Waals surface area contributed by atoms with Crippen molar-refractivity contribution in [2.75, 3.05) is 19.7 Å². The van der Waals surface area contributed by atoms with Crippen LogP contribution in [0.25, 0.3) is 0 Å². The Bertz CT molecular complexity index is 418. The van der Waals surface area contributed by atoms with Crippen molar-refractivity contribution in [1.29, 1.82) is 0 Å². The molecule has 0 aliphatic carbocycles. The predicted octanol–water partition coefficient (Wildman–Crippen LogP) is 1.12. The average Bonchev–Trinajstić information content (AvgIpc) is 2.41. The second-order valence-corrected chi connectivity index (χ2v) is 4.79. The van der Waals surface area contributed by atoms with Gasteiger partial charge in [0.05, 0.1) is 18.3 Å². The third-order valence-electron chi connectivity index (χ3n) is 3.45. The summed E-state index contributed by atoms with van der Waals surface area (Å²) < 4.78 is 5.57. The fourth-order valence-corrected chi connectivity index (χ4v) is 2.26. The zero-order chi connectivity index (χ0) is 13.7. The number of carboxylic acid groups (broad SMARTS) is 1. The third-order valence-corrected chi connectivity index (χ3v) is 3.45. The Labute approximate surface area is 112 Å². The van der Waals surface area contributed by atoms with Crippen molar-refractivity contribution in [3.05, 3.63) is 29.8 Å². The summed E-state index contributed by atoms with van der Waals surface area (Å²) in [6.45, 7) is 2.13. The van der Waals surface area contributed by atoms with E-state index in [4.69, 9.17) is 9.84 Å². The van der Waals surface area contributed by atoms with Crippen LogP contribution in [0.2, 0.25) is 0 Å². The first-order valence-electron chi connectivity index (χ1n) is 6.52. The van der Waals surface area contributed by atoms with Crippen molar-refractivity contribution in [3.63, 3.8) is 0 Å². The van der Waals surface area contributed by atoms with Crippen molar-refractivity contribution >= 4 is 5.97 Å². The van der Waals surface area contributed by atoms with E-state index in [-0.39, 0.29) is 17.6 Å². The van der Waals surface area contributed by atoms with Crippen molar-refractivity contribution in [2.24, 2.45) is 5.92 Å². The Kier molecular flexibility index (Phi) is 4.76. The van der Waals surface area contributed by atoms with E-state index in [9.17, 15) is 9.90 Å². The second kappa shape index (κ2) is 6.54. The van der Waals surface area contributed by atoms with E-state index in [1.807, 2.05) is 0 Å². The highest BCUT2D eigenvalue weighted by Crippen LogP contribution is 2.18. The van der Waals surface area contributed by atoms with Gasteiger partial charge in [-0.05, 0) is 49.6 Å². The number of ether oxygens (including phenoxy) is 1. The predicted molar refractivity (Wildman–Crippen MR) is 70.5 cm³/mol. The van der Waals surface area contributed by atoms with Gasteiger partial charge in [-0.2, -0.15) is 0 Å². The van der Waals surface area contributed by atoms with Gasteiger partial charge in [-0.15, -0.1) is 0 Å². The molecule has 0 aromatic heterocycles. The second-order valence-electron chi connectivity index (χ2n) is 4.79. The summed E-state index contributed by atoms with van der Waals surface area (Å²) in [5.74, 6) is -0.00246. The van der Waals surface area contributed by atoms with Crippen molar-refractivity contribution in [3.8, 4) is 5.75 Å². The molecule has 1 aromatic rings. The molecule has 1 heterocycles. The van der Waals surface area contributed by atoms with Crippen LogP contribution in [0.3, 0.4) is 0 Å². The van der Waals surface area contributed by atoms with Crippen LogP contribution in [-0.4, -0.2) is 42.0 Å². The lowest BCUT2D eigenvalue weighted by Crippen LogP contribution is -2.40. The highest BCUT2D eigenvalue weighted by Gasteiger charge is 2.22. The number of carbonyl (C=O) groups is 1. The zero-order valence-electron chi connectivity index (χ0n) is 10.7. The molecule has 0 radical (unpaired) electrons. The number of carboxylic acids is 1. The minimum atomic E-state index is -0.940. The fraction of sp³-hybridized carbons (Fsp3) is 0.500. The molecule has 5 nitrogen and oxygen atoms in total. The van der Waals surface area contributed by atoms with Crippen molar-refractivity contribution < 1.29 is 19.7 Å². The van der Waals surface area contributed by atoms with Gasteiger partial charge in [0.25, 0.3) is 0 Å². The molecule has 0 saturated carbocycles. The van der Waals surface area contributed by atoms with Gasteiger partial charge in [0.15, 0.2) is 0 Å². The topological polar surface area (TPSA) is 78.8 Å². The molecule has 104 valence electrons. The van der Waals surface area contributed by atoms with Gasteiger partial charge < -0.3 is 20.3 Å². The number of aromatic carboxylic acids is 1. The van der Waals surface area contributed by atoms with Gasteiger partial charge in [0.2, 0.25) is 0 Å². The molecule has 5 heteroatoms. The van der Waals surface area contributed by atoms with Crippen LogP contribution in [0.15, 0.2) is 24.3 Å². The molecule has 2 rings (SSSR count). The molecule has 19 heavy (non-hydrogen) atoms. The van der Waals surface area contributed by atoms with E-state index in [0.29, 0.717) is 18.9 Å². The Morgan fingerprint density at radius 3 is 2.74 bits per heavy atom. The SMILES string of the molecule is O=C(O)c1ccc(OCC[C@H]2CCNC[C@H]2O)cc1. The van der Waals surface area contributed by atoms with Gasteiger partial charge >= 0.3 is 5.97 Å². The first-order valence-corrected chi connectivity index (χ1v) is 6.52. The molecule has 0 spiro atoms. The highest BCUT2D eigenvalue weighted by molar-refractivity contribution is 5.87. The van der Waals surface area contributed by atoms with E-state index in [2.05, 4.69) is 5.32 Å². The van der Waals surface area contributed by atoms with Crippen LogP contribution < -0.4 is 10.1 Å². The molecular weight excluding hydrogens is 246 g/mol. The smallest absolute Gasteiger partial charge is 0.335 e. The largest absolute Gasteiger partial charge is 0.494 e. The monoisotopic (exact) mass is 265 g/mol. The number of piperidine rings is 1. The Morgan fingerprint density at radius 1 is 1.37 bits per heavy atom. The van der Waals surface area contributed by atoms with Crippen LogP contribution in [0, 0.1) is 5.92 Å². The number of aliphatic hydroxyl groups excluding tert-OH is 1. The van der Waals surface area contributed by atoms with Crippen LogP contribution in [0.5, 0.6) is 5.75 Å². The lowest BCUT2D eigenvalue weighted by atomic mass is 9.92. The molecular formula is C14H19NO4. The maximum absolute atomic E-state index is 10.7. The molecule has 3 N–H and O–H groups in total. The van der Waals surface area contributed by atoms with Gasteiger partial charge in [0, 0.05) is 6.54 Å². The number of nitrogens with one attached hydrogen (secondary N) is 1. The maximum Gasteiger partial charge on any atom is 0.335 e. The summed E-state index contributed by atoms with van der Waals surface area (Å²) in [6.07, 6.45) is 1.47. The first-order chi connectivity index (χ1) is 9.16. The highest BCUT2D eigenvalue weighted by atomic mass is 16.5. The molecule has 1 fully saturated rings. The van der Waals surface area contributed by atoms with Gasteiger partial charge in [-0.1, -0.05) is 0 Å². The van der Waals surface area contributed by atoms with E-state index >= 15 is 0 Å². The standard InChI is InChI=1S/C14H19NO4/c16-13-9-15-7-5-10(13)6-8-19-12-3-1-11(2-4-12)14(17)18/h1-4,10,13,15-16H,5-9H2,(H,17,18)/t10-,13-/m1/s1. The molecule has 0 amide bonds. The number of benzene rings is 1.